The molecule has 2 aliphatic rings. The maximum atomic E-state index is 11.2. The van der Waals surface area contributed by atoms with E-state index >= 15 is 0 Å². The molecule has 2 rings (SSSR count). The van der Waals surface area contributed by atoms with Gasteiger partial charge in [0, 0.05) is 12.8 Å². The lowest BCUT2D eigenvalue weighted by Gasteiger charge is -2.42. The lowest BCUT2D eigenvalue weighted by atomic mass is 9.86. The number of nitrogens with one attached hydrogen (secondary N) is 1. The molecule has 5 unspecified atom stereocenters. The van der Waals surface area contributed by atoms with Crippen molar-refractivity contribution < 1.29 is 24.1 Å². The van der Waals surface area contributed by atoms with Gasteiger partial charge in [0.05, 0.1) is 37.6 Å². The SMILES string of the molecule is CC(=O)NC1C(C)OC2COC(C)(C)OCC2C1O. The maximum absolute atomic E-state index is 11.2. The molecule has 0 aliphatic carbocycles. The van der Waals surface area contributed by atoms with E-state index in [1.165, 1.54) is 6.92 Å². The van der Waals surface area contributed by atoms with Gasteiger partial charge in [-0.25, -0.2) is 0 Å². The van der Waals surface area contributed by atoms with Crippen LogP contribution in [0.5, 0.6) is 0 Å². The summed E-state index contributed by atoms with van der Waals surface area (Å²) in [4.78, 5) is 11.2. The highest BCUT2D eigenvalue weighted by Gasteiger charge is 2.46. The van der Waals surface area contributed by atoms with Gasteiger partial charge in [-0.3, -0.25) is 4.79 Å². The zero-order chi connectivity index (χ0) is 14.2. The molecule has 1 amide bonds. The Kier molecular flexibility index (Phi) is 4.15. The first-order chi connectivity index (χ1) is 8.80. The van der Waals surface area contributed by atoms with Crippen LogP contribution in [0.3, 0.4) is 0 Å². The quantitative estimate of drug-likeness (QED) is 0.705. The third-order valence-electron chi connectivity index (χ3n) is 3.77. The fraction of sp³-hybridized carbons (Fsp3) is 0.923. The Morgan fingerprint density at radius 3 is 2.58 bits per heavy atom. The van der Waals surface area contributed by atoms with Gasteiger partial charge >= 0.3 is 0 Å². The number of carbonyl (C=O) groups is 1. The Morgan fingerprint density at radius 2 is 1.95 bits per heavy atom. The summed E-state index contributed by atoms with van der Waals surface area (Å²) in [6.45, 7) is 7.68. The number of ether oxygens (including phenoxy) is 3. The van der Waals surface area contributed by atoms with Crippen LogP contribution in [0, 0.1) is 5.92 Å². The molecule has 0 aromatic rings. The van der Waals surface area contributed by atoms with E-state index in [1.54, 1.807) is 0 Å². The lowest BCUT2D eigenvalue weighted by molar-refractivity contribution is -0.205. The minimum Gasteiger partial charge on any atom is -0.390 e. The monoisotopic (exact) mass is 273 g/mol. The largest absolute Gasteiger partial charge is 0.390 e. The van der Waals surface area contributed by atoms with Gasteiger partial charge in [-0.15, -0.1) is 0 Å². The van der Waals surface area contributed by atoms with Crippen LogP contribution in [0.15, 0.2) is 0 Å². The smallest absolute Gasteiger partial charge is 0.217 e. The number of aliphatic hydroxyl groups excluding tert-OH is 1. The summed E-state index contributed by atoms with van der Waals surface area (Å²) in [7, 11) is 0. The molecule has 6 nitrogen and oxygen atoms in total. The Labute approximate surface area is 113 Å². The minimum atomic E-state index is -0.699. The van der Waals surface area contributed by atoms with Gasteiger partial charge in [-0.05, 0) is 20.8 Å². The fourth-order valence-corrected chi connectivity index (χ4v) is 2.65. The van der Waals surface area contributed by atoms with Crippen LogP contribution in [-0.2, 0) is 19.0 Å². The first kappa shape index (κ1) is 14.7. The standard InChI is InChI=1S/C13H23NO5/c1-7-11(14-8(2)15)12(16)9-5-17-13(3,4)18-6-10(9)19-7/h7,9-12,16H,5-6H2,1-4H3,(H,14,15). The van der Waals surface area contributed by atoms with Crippen LogP contribution < -0.4 is 5.32 Å². The molecule has 0 saturated carbocycles. The maximum Gasteiger partial charge on any atom is 0.217 e. The highest BCUT2D eigenvalue weighted by molar-refractivity contribution is 5.73. The molecule has 0 aromatic heterocycles. The molecule has 0 aromatic carbocycles. The fourth-order valence-electron chi connectivity index (χ4n) is 2.65. The predicted octanol–water partition coefficient (Wildman–Crippen LogP) is 0.0384. The van der Waals surface area contributed by atoms with E-state index in [1.807, 2.05) is 20.8 Å². The third kappa shape index (κ3) is 3.25. The number of amides is 1. The van der Waals surface area contributed by atoms with Gasteiger partial charge in [0.15, 0.2) is 5.79 Å². The van der Waals surface area contributed by atoms with Crippen molar-refractivity contribution >= 4 is 5.91 Å². The van der Waals surface area contributed by atoms with Crippen molar-refractivity contribution in [2.75, 3.05) is 13.2 Å². The molecule has 0 spiro atoms. The van der Waals surface area contributed by atoms with Crippen molar-refractivity contribution in [3.8, 4) is 0 Å². The van der Waals surface area contributed by atoms with Gasteiger partial charge in [0.1, 0.15) is 0 Å². The van der Waals surface area contributed by atoms with Crippen LogP contribution in [-0.4, -0.2) is 54.4 Å². The van der Waals surface area contributed by atoms with Crippen LogP contribution >= 0.6 is 0 Å². The topological polar surface area (TPSA) is 77.0 Å². The van der Waals surface area contributed by atoms with Crippen LogP contribution in [0.4, 0.5) is 0 Å². The second-order valence-corrected chi connectivity index (χ2v) is 5.78. The highest BCUT2D eigenvalue weighted by Crippen LogP contribution is 2.31. The molecule has 5 atom stereocenters. The molecule has 2 heterocycles. The Morgan fingerprint density at radius 1 is 1.32 bits per heavy atom. The molecule has 2 N–H and O–H groups in total. The molecule has 2 fully saturated rings. The molecule has 6 heteroatoms. The summed E-state index contributed by atoms with van der Waals surface area (Å²) in [6.07, 6.45) is -1.17. The van der Waals surface area contributed by atoms with Crippen LogP contribution in [0.25, 0.3) is 0 Å². The summed E-state index contributed by atoms with van der Waals surface area (Å²) >= 11 is 0. The van der Waals surface area contributed by atoms with E-state index in [0.29, 0.717) is 13.2 Å². The molecule has 0 radical (unpaired) electrons. The van der Waals surface area contributed by atoms with Gasteiger partial charge < -0.3 is 24.6 Å². The number of hydrogen-bond donors (Lipinski definition) is 2. The predicted molar refractivity (Wildman–Crippen MR) is 67.4 cm³/mol. The molecule has 19 heavy (non-hydrogen) atoms. The van der Waals surface area contributed by atoms with E-state index in [0.717, 1.165) is 0 Å². The molecule has 2 aliphatic heterocycles. The van der Waals surface area contributed by atoms with Gasteiger partial charge in [-0.2, -0.15) is 0 Å². The van der Waals surface area contributed by atoms with Crippen molar-refractivity contribution in [3.05, 3.63) is 0 Å². The molecule has 0 bridgehead atoms. The molecule has 2 saturated heterocycles. The Balaban J connectivity index is 2.11. The Bertz CT molecular complexity index is 346. The third-order valence-corrected chi connectivity index (χ3v) is 3.77. The van der Waals surface area contributed by atoms with E-state index in [4.69, 9.17) is 14.2 Å². The normalized spacial score (nSPS) is 42.1. The first-order valence-electron chi connectivity index (χ1n) is 6.69. The number of aliphatic hydroxyl groups is 1. The summed E-state index contributed by atoms with van der Waals surface area (Å²) in [6, 6.07) is -0.413. The first-order valence-corrected chi connectivity index (χ1v) is 6.69. The van der Waals surface area contributed by atoms with Crippen molar-refractivity contribution in [2.45, 2.75) is 57.8 Å². The minimum absolute atomic E-state index is 0.177. The van der Waals surface area contributed by atoms with E-state index in [-0.39, 0.29) is 24.0 Å². The highest BCUT2D eigenvalue weighted by atomic mass is 16.7. The molecular weight excluding hydrogens is 250 g/mol. The van der Waals surface area contributed by atoms with Crippen molar-refractivity contribution in [1.29, 1.82) is 0 Å². The van der Waals surface area contributed by atoms with Crippen molar-refractivity contribution in [2.24, 2.45) is 5.92 Å². The van der Waals surface area contributed by atoms with Gasteiger partial charge in [-0.1, -0.05) is 0 Å². The van der Waals surface area contributed by atoms with Crippen LogP contribution in [0.2, 0.25) is 0 Å². The number of fused-ring (bicyclic) bond motifs is 1. The lowest BCUT2D eigenvalue weighted by Crippen LogP contribution is -2.61. The number of hydrogen-bond acceptors (Lipinski definition) is 5. The second kappa shape index (κ2) is 5.36. The second-order valence-electron chi connectivity index (χ2n) is 5.78. The van der Waals surface area contributed by atoms with Crippen molar-refractivity contribution in [3.63, 3.8) is 0 Å². The molecule has 110 valence electrons. The van der Waals surface area contributed by atoms with Gasteiger partial charge in [0.25, 0.3) is 0 Å². The van der Waals surface area contributed by atoms with Crippen molar-refractivity contribution in [1.82, 2.24) is 5.32 Å². The summed E-state index contributed by atoms with van der Waals surface area (Å²) < 4.78 is 17.1. The Hall–Kier alpha value is -0.690. The van der Waals surface area contributed by atoms with Gasteiger partial charge in [0.2, 0.25) is 5.91 Å². The van der Waals surface area contributed by atoms with Crippen LogP contribution in [0.1, 0.15) is 27.7 Å². The van der Waals surface area contributed by atoms with E-state index in [2.05, 4.69) is 5.32 Å². The summed E-state index contributed by atoms with van der Waals surface area (Å²) in [5.41, 5.74) is 0. The zero-order valence-electron chi connectivity index (χ0n) is 11.9. The number of rotatable bonds is 1. The summed E-state index contributed by atoms with van der Waals surface area (Å²) in [5, 5.41) is 13.2. The van der Waals surface area contributed by atoms with E-state index < -0.39 is 17.9 Å². The average Bonchev–Trinajstić information content (AvgIpc) is 2.44. The summed E-state index contributed by atoms with van der Waals surface area (Å²) in [5.74, 6) is -1.05. The van der Waals surface area contributed by atoms with E-state index in [9.17, 15) is 9.90 Å². The molecular formula is C13H23NO5. The zero-order valence-corrected chi connectivity index (χ0v) is 11.9. The number of carbonyl (C=O) groups excluding carboxylic acids is 1. The average molecular weight is 273 g/mol.